The normalized spacial score (nSPS) is 10.1. The Bertz CT molecular complexity index is 339. The Balaban J connectivity index is 2.41. The smallest absolute Gasteiger partial charge is 0.135 e. The number of rotatable bonds is 5. The number of hydrogen-bond donors (Lipinski definition) is 0. The zero-order valence-corrected chi connectivity index (χ0v) is 12.4. The molecule has 0 aliphatic carbocycles. The van der Waals surface area contributed by atoms with Crippen molar-refractivity contribution in [3.05, 3.63) is 30.3 Å². The second kappa shape index (κ2) is 7.56. The highest BCUT2D eigenvalue weighted by atomic mass is 32.2. The lowest BCUT2D eigenvalue weighted by Crippen LogP contribution is -2.26. The van der Waals surface area contributed by atoms with E-state index in [-0.39, 0.29) is 0 Å². The summed E-state index contributed by atoms with van der Waals surface area (Å²) in [6, 6.07) is 10.5. The van der Waals surface area contributed by atoms with Gasteiger partial charge in [-0.1, -0.05) is 42.2 Å². The fourth-order valence-electron chi connectivity index (χ4n) is 1.48. The van der Waals surface area contributed by atoms with Crippen LogP contribution in [0.4, 0.5) is 5.69 Å². The van der Waals surface area contributed by atoms with E-state index >= 15 is 0 Å². The molecule has 4 heteroatoms. The lowest BCUT2D eigenvalue weighted by Gasteiger charge is -2.23. The average molecular weight is 268 g/mol. The minimum absolute atomic E-state index is 0.953. The summed E-state index contributed by atoms with van der Waals surface area (Å²) in [5.41, 5.74) is 1.28. The monoisotopic (exact) mass is 268 g/mol. The average Bonchev–Trinajstić information content (AvgIpc) is 2.35. The highest BCUT2D eigenvalue weighted by molar-refractivity contribution is 8.22. The fourth-order valence-corrected chi connectivity index (χ4v) is 2.48. The van der Waals surface area contributed by atoms with E-state index in [0.717, 1.165) is 23.2 Å². The van der Waals surface area contributed by atoms with Gasteiger partial charge in [0.25, 0.3) is 0 Å². The van der Waals surface area contributed by atoms with E-state index in [0.29, 0.717) is 0 Å². The summed E-state index contributed by atoms with van der Waals surface area (Å²) in [6.45, 7) is 4.24. The maximum absolute atomic E-state index is 5.25. The molecule has 0 spiro atoms. The molecule has 0 unspecified atom stereocenters. The molecule has 0 radical (unpaired) electrons. The number of benzene rings is 1. The van der Waals surface area contributed by atoms with Gasteiger partial charge in [-0.15, -0.1) is 0 Å². The first kappa shape index (κ1) is 14.3. The van der Waals surface area contributed by atoms with Crippen LogP contribution in [-0.4, -0.2) is 42.2 Å². The van der Waals surface area contributed by atoms with E-state index in [2.05, 4.69) is 36.1 Å². The highest BCUT2D eigenvalue weighted by Gasteiger charge is 2.05. The van der Waals surface area contributed by atoms with E-state index < -0.39 is 0 Å². The molecule has 17 heavy (non-hydrogen) atoms. The maximum Gasteiger partial charge on any atom is 0.135 e. The van der Waals surface area contributed by atoms with Crippen LogP contribution in [-0.2, 0) is 0 Å². The Kier molecular flexibility index (Phi) is 6.37. The summed E-state index contributed by atoms with van der Waals surface area (Å²) in [6.07, 6.45) is 0. The molecular weight excluding hydrogens is 248 g/mol. The van der Waals surface area contributed by atoms with Gasteiger partial charge in [0.1, 0.15) is 4.32 Å². The third kappa shape index (κ3) is 4.96. The third-order valence-corrected chi connectivity index (χ3v) is 4.17. The first-order valence-electron chi connectivity index (χ1n) is 5.79. The van der Waals surface area contributed by atoms with Gasteiger partial charge in [-0.05, 0) is 19.1 Å². The Morgan fingerprint density at radius 3 is 2.41 bits per heavy atom. The van der Waals surface area contributed by atoms with Crippen LogP contribution in [0.5, 0.6) is 0 Å². The third-order valence-electron chi connectivity index (χ3n) is 2.45. The van der Waals surface area contributed by atoms with Gasteiger partial charge in [-0.2, -0.15) is 0 Å². The standard InChI is InChI=1S/C13H20N2S2/c1-4-15(12-8-6-5-7-9-12)10-11-17-13(16)14(2)3/h5-9H,4,10-11H2,1-3H3. The van der Waals surface area contributed by atoms with Gasteiger partial charge in [-0.25, -0.2) is 0 Å². The van der Waals surface area contributed by atoms with Crippen LogP contribution >= 0.6 is 24.0 Å². The van der Waals surface area contributed by atoms with Gasteiger partial charge in [-0.3, -0.25) is 0 Å². The van der Waals surface area contributed by atoms with Crippen LogP contribution in [0.25, 0.3) is 0 Å². The van der Waals surface area contributed by atoms with E-state index in [1.54, 1.807) is 11.8 Å². The van der Waals surface area contributed by atoms with Crippen molar-refractivity contribution in [2.75, 3.05) is 37.8 Å². The molecule has 0 fully saturated rings. The SMILES string of the molecule is CCN(CCSC(=S)N(C)C)c1ccccc1. The first-order valence-corrected chi connectivity index (χ1v) is 7.18. The number of para-hydroxylation sites is 1. The Labute approximate surface area is 114 Å². The van der Waals surface area contributed by atoms with Crippen molar-refractivity contribution in [2.45, 2.75) is 6.92 Å². The zero-order valence-electron chi connectivity index (χ0n) is 10.7. The molecule has 0 aliphatic rings. The molecule has 0 aliphatic heterocycles. The predicted molar refractivity (Wildman–Crippen MR) is 83.1 cm³/mol. The van der Waals surface area contributed by atoms with Crippen LogP contribution in [0.1, 0.15) is 6.92 Å². The van der Waals surface area contributed by atoms with E-state index in [1.807, 2.05) is 25.1 Å². The quantitative estimate of drug-likeness (QED) is 0.757. The molecule has 0 bridgehead atoms. The van der Waals surface area contributed by atoms with E-state index in [1.165, 1.54) is 5.69 Å². The molecule has 2 nitrogen and oxygen atoms in total. The van der Waals surface area contributed by atoms with Crippen LogP contribution < -0.4 is 4.90 Å². The molecule has 0 saturated heterocycles. The number of nitrogens with zero attached hydrogens (tertiary/aromatic N) is 2. The van der Waals surface area contributed by atoms with Crippen molar-refractivity contribution in [1.82, 2.24) is 4.90 Å². The number of hydrogen-bond acceptors (Lipinski definition) is 3. The van der Waals surface area contributed by atoms with Crippen molar-refractivity contribution < 1.29 is 0 Å². The summed E-state index contributed by atoms with van der Waals surface area (Å²) < 4.78 is 0.953. The van der Waals surface area contributed by atoms with Gasteiger partial charge >= 0.3 is 0 Å². The van der Waals surface area contributed by atoms with Crippen molar-refractivity contribution in [1.29, 1.82) is 0 Å². The molecule has 0 heterocycles. The van der Waals surface area contributed by atoms with E-state index in [9.17, 15) is 0 Å². The number of thiocarbonyl (C=S) groups is 1. The summed E-state index contributed by atoms with van der Waals surface area (Å²) in [7, 11) is 3.98. The maximum atomic E-state index is 5.25. The van der Waals surface area contributed by atoms with Gasteiger partial charge in [0.15, 0.2) is 0 Å². The Morgan fingerprint density at radius 2 is 1.88 bits per heavy atom. The lowest BCUT2D eigenvalue weighted by atomic mass is 10.3. The molecule has 0 amide bonds. The lowest BCUT2D eigenvalue weighted by molar-refractivity contribution is 0.648. The molecule has 0 saturated carbocycles. The summed E-state index contributed by atoms with van der Waals surface area (Å²) >= 11 is 6.99. The van der Waals surface area contributed by atoms with Crippen molar-refractivity contribution in [3.8, 4) is 0 Å². The molecule has 1 aromatic carbocycles. The molecule has 0 aromatic heterocycles. The minimum Gasteiger partial charge on any atom is -0.371 e. The Hall–Kier alpha value is -0.740. The Morgan fingerprint density at radius 1 is 1.24 bits per heavy atom. The van der Waals surface area contributed by atoms with Crippen molar-refractivity contribution >= 4 is 34.0 Å². The molecule has 1 rings (SSSR count). The summed E-state index contributed by atoms with van der Waals surface area (Å²) in [5.74, 6) is 1.03. The second-order valence-corrected chi connectivity index (χ2v) is 5.65. The van der Waals surface area contributed by atoms with Gasteiger partial charge in [0.2, 0.25) is 0 Å². The predicted octanol–water partition coefficient (Wildman–Crippen LogP) is 3.09. The van der Waals surface area contributed by atoms with Crippen LogP contribution in [0.2, 0.25) is 0 Å². The van der Waals surface area contributed by atoms with Gasteiger partial charge in [0, 0.05) is 38.6 Å². The molecule has 0 N–H and O–H groups in total. The summed E-state index contributed by atoms with van der Waals surface area (Å²) in [4.78, 5) is 4.35. The van der Waals surface area contributed by atoms with Crippen molar-refractivity contribution in [3.63, 3.8) is 0 Å². The topological polar surface area (TPSA) is 6.48 Å². The zero-order chi connectivity index (χ0) is 12.7. The number of anilines is 1. The first-order chi connectivity index (χ1) is 8.15. The second-order valence-electron chi connectivity index (χ2n) is 3.92. The van der Waals surface area contributed by atoms with E-state index in [4.69, 9.17) is 12.2 Å². The van der Waals surface area contributed by atoms with Gasteiger partial charge < -0.3 is 9.80 Å². The summed E-state index contributed by atoms with van der Waals surface area (Å²) in [5, 5.41) is 0. The molecule has 1 aromatic rings. The van der Waals surface area contributed by atoms with Gasteiger partial charge in [0.05, 0.1) is 0 Å². The van der Waals surface area contributed by atoms with Crippen LogP contribution in [0, 0.1) is 0 Å². The van der Waals surface area contributed by atoms with Crippen LogP contribution in [0.3, 0.4) is 0 Å². The highest BCUT2D eigenvalue weighted by Crippen LogP contribution is 2.14. The van der Waals surface area contributed by atoms with Crippen LogP contribution in [0.15, 0.2) is 30.3 Å². The minimum atomic E-state index is 0.953. The molecular formula is C13H20N2S2. The van der Waals surface area contributed by atoms with Crippen molar-refractivity contribution in [2.24, 2.45) is 0 Å². The number of thioether (sulfide) groups is 1. The molecule has 94 valence electrons. The molecule has 0 atom stereocenters. The largest absolute Gasteiger partial charge is 0.371 e. The fraction of sp³-hybridized carbons (Fsp3) is 0.462.